The van der Waals surface area contributed by atoms with Crippen LogP contribution in [0.5, 0.6) is 5.75 Å². The number of anilines is 1. The number of imidazole rings is 1. The summed E-state index contributed by atoms with van der Waals surface area (Å²) in [6.07, 6.45) is -0.123. The molecule has 0 aliphatic carbocycles. The lowest BCUT2D eigenvalue weighted by Crippen LogP contribution is -2.51. The van der Waals surface area contributed by atoms with E-state index in [2.05, 4.69) is 24.9 Å². The van der Waals surface area contributed by atoms with Crippen LogP contribution in [0.25, 0.3) is 16.9 Å². The van der Waals surface area contributed by atoms with E-state index in [1.807, 2.05) is 0 Å². The minimum atomic E-state index is -4.77. The summed E-state index contributed by atoms with van der Waals surface area (Å²) in [4.78, 5) is 25.6. The third-order valence-electron chi connectivity index (χ3n) is 6.02. The highest BCUT2D eigenvalue weighted by Gasteiger charge is 2.31. The number of ether oxygens (including phenoxy) is 3. The topological polar surface area (TPSA) is 93.5 Å². The summed E-state index contributed by atoms with van der Waals surface area (Å²) in [6, 6.07) is 5.42. The third kappa shape index (κ3) is 5.69. The number of nitrogens with one attached hydrogen (secondary N) is 1. The average molecular weight is 506 g/mol. The molecule has 2 aliphatic heterocycles. The number of fused-ring (bicyclic) bond motifs is 1. The van der Waals surface area contributed by atoms with Crippen LogP contribution >= 0.6 is 0 Å². The molecule has 2 saturated heterocycles. The first-order valence-corrected chi connectivity index (χ1v) is 11.5. The summed E-state index contributed by atoms with van der Waals surface area (Å²) < 4.78 is 54.2. The van der Waals surface area contributed by atoms with E-state index in [4.69, 9.17) is 9.47 Å². The van der Waals surface area contributed by atoms with Crippen molar-refractivity contribution in [3.05, 3.63) is 42.9 Å². The summed E-state index contributed by atoms with van der Waals surface area (Å²) in [6.45, 7) is 4.60. The maximum Gasteiger partial charge on any atom is 0.573 e. The molecule has 192 valence electrons. The maximum atomic E-state index is 12.9. The number of nitrogens with zero attached hydrogens (tertiary/aromatic N) is 5. The fourth-order valence-corrected chi connectivity index (χ4v) is 4.27. The smallest absolute Gasteiger partial charge is 0.406 e. The minimum Gasteiger partial charge on any atom is -0.406 e. The Hall–Kier alpha value is -3.42. The number of benzene rings is 1. The zero-order chi connectivity index (χ0) is 25.1. The van der Waals surface area contributed by atoms with Gasteiger partial charge in [-0.25, -0.2) is 4.98 Å². The van der Waals surface area contributed by atoms with Gasteiger partial charge >= 0.3 is 6.36 Å². The Morgan fingerprint density at radius 3 is 2.53 bits per heavy atom. The Balaban J connectivity index is 1.25. The predicted octanol–water partition coefficient (Wildman–Crippen LogP) is 2.22. The van der Waals surface area contributed by atoms with Gasteiger partial charge in [-0.15, -0.1) is 13.2 Å². The molecule has 2 aromatic heterocycles. The first kappa shape index (κ1) is 24.3. The molecule has 0 spiro atoms. The molecular weight excluding hydrogens is 481 g/mol. The molecule has 0 bridgehead atoms. The number of piperazine rings is 1. The summed E-state index contributed by atoms with van der Waals surface area (Å²) >= 11 is 0. The molecule has 0 radical (unpaired) electrons. The molecular formula is C23H25F3N6O4. The van der Waals surface area contributed by atoms with Crippen LogP contribution in [0.2, 0.25) is 0 Å². The molecule has 1 amide bonds. The standard InChI is InChI=1S/C23H25F3N6O4/c24-23(25,26)36-17-3-1-16(2-4-17)21-22(32-6-5-27-13-18(32)29-21)28-14-19(33)31-9-7-30(8-10-31)15-20-34-11-12-35-20/h1-6,13,20,28H,7-12,14-15H2. The van der Waals surface area contributed by atoms with E-state index in [9.17, 15) is 18.0 Å². The first-order valence-electron chi connectivity index (χ1n) is 11.5. The van der Waals surface area contributed by atoms with Crippen molar-refractivity contribution in [2.75, 3.05) is 57.8 Å². The summed E-state index contributed by atoms with van der Waals surface area (Å²) in [5.41, 5.74) is 1.58. The van der Waals surface area contributed by atoms with E-state index in [1.54, 1.807) is 27.9 Å². The maximum absolute atomic E-state index is 12.9. The normalized spacial score (nSPS) is 17.6. The predicted molar refractivity (Wildman–Crippen MR) is 122 cm³/mol. The Morgan fingerprint density at radius 2 is 1.83 bits per heavy atom. The number of hydrogen-bond donors (Lipinski definition) is 1. The average Bonchev–Trinajstić information content (AvgIpc) is 3.50. The highest BCUT2D eigenvalue weighted by Crippen LogP contribution is 2.31. The Kier molecular flexibility index (Phi) is 6.94. The quantitative estimate of drug-likeness (QED) is 0.522. The zero-order valence-electron chi connectivity index (χ0n) is 19.3. The van der Waals surface area contributed by atoms with Gasteiger partial charge in [0, 0.05) is 50.7 Å². The monoisotopic (exact) mass is 506 g/mol. The van der Waals surface area contributed by atoms with Crippen LogP contribution < -0.4 is 10.1 Å². The molecule has 13 heteroatoms. The van der Waals surface area contributed by atoms with Gasteiger partial charge in [-0.2, -0.15) is 0 Å². The first-order chi connectivity index (χ1) is 17.4. The number of hydrogen-bond acceptors (Lipinski definition) is 8. The second-order valence-corrected chi connectivity index (χ2v) is 8.39. The van der Waals surface area contributed by atoms with Crippen molar-refractivity contribution in [1.82, 2.24) is 24.2 Å². The van der Waals surface area contributed by atoms with E-state index < -0.39 is 6.36 Å². The highest BCUT2D eigenvalue weighted by molar-refractivity contribution is 5.84. The van der Waals surface area contributed by atoms with Crippen molar-refractivity contribution in [2.45, 2.75) is 12.7 Å². The van der Waals surface area contributed by atoms with Crippen molar-refractivity contribution in [2.24, 2.45) is 0 Å². The molecule has 4 heterocycles. The van der Waals surface area contributed by atoms with Crippen LogP contribution in [0.4, 0.5) is 19.0 Å². The van der Waals surface area contributed by atoms with E-state index in [1.165, 1.54) is 24.3 Å². The number of rotatable bonds is 7. The van der Waals surface area contributed by atoms with E-state index in [0.717, 1.165) is 13.1 Å². The zero-order valence-corrected chi connectivity index (χ0v) is 19.3. The number of alkyl halides is 3. The lowest BCUT2D eigenvalue weighted by Gasteiger charge is -2.35. The SMILES string of the molecule is O=C(CNc1c(-c2ccc(OC(F)(F)F)cc2)nc2cnccn12)N1CCN(CC2OCCO2)CC1. The molecule has 2 fully saturated rings. The van der Waals surface area contributed by atoms with Crippen LogP contribution in [0, 0.1) is 0 Å². The fraction of sp³-hybridized carbons (Fsp3) is 0.435. The Bertz CT molecular complexity index is 1190. The number of halogens is 3. The van der Waals surface area contributed by atoms with Gasteiger partial charge in [-0.1, -0.05) is 0 Å². The largest absolute Gasteiger partial charge is 0.573 e. The van der Waals surface area contributed by atoms with Gasteiger partial charge < -0.3 is 24.4 Å². The van der Waals surface area contributed by atoms with Gasteiger partial charge in [0.05, 0.1) is 26.0 Å². The molecule has 3 aromatic rings. The molecule has 10 nitrogen and oxygen atoms in total. The van der Waals surface area contributed by atoms with Gasteiger partial charge in [0.2, 0.25) is 5.91 Å². The lowest BCUT2D eigenvalue weighted by atomic mass is 10.1. The van der Waals surface area contributed by atoms with E-state index in [0.29, 0.717) is 55.6 Å². The highest BCUT2D eigenvalue weighted by atomic mass is 19.4. The molecule has 0 unspecified atom stereocenters. The van der Waals surface area contributed by atoms with Gasteiger partial charge in [-0.05, 0) is 24.3 Å². The van der Waals surface area contributed by atoms with Gasteiger partial charge in [0.1, 0.15) is 17.3 Å². The van der Waals surface area contributed by atoms with Gasteiger partial charge in [-0.3, -0.25) is 19.1 Å². The van der Waals surface area contributed by atoms with Crippen molar-refractivity contribution in [3.8, 4) is 17.0 Å². The molecule has 0 saturated carbocycles. The summed E-state index contributed by atoms with van der Waals surface area (Å²) in [7, 11) is 0. The van der Waals surface area contributed by atoms with Crippen LogP contribution in [0.1, 0.15) is 0 Å². The van der Waals surface area contributed by atoms with Crippen LogP contribution in [-0.2, 0) is 14.3 Å². The van der Waals surface area contributed by atoms with Crippen molar-refractivity contribution < 1.29 is 32.2 Å². The van der Waals surface area contributed by atoms with Gasteiger partial charge in [0.25, 0.3) is 0 Å². The second kappa shape index (κ2) is 10.3. The van der Waals surface area contributed by atoms with E-state index >= 15 is 0 Å². The van der Waals surface area contributed by atoms with E-state index in [-0.39, 0.29) is 24.5 Å². The molecule has 1 aromatic carbocycles. The molecule has 5 rings (SSSR count). The van der Waals surface area contributed by atoms with Crippen molar-refractivity contribution in [3.63, 3.8) is 0 Å². The Morgan fingerprint density at radius 1 is 1.11 bits per heavy atom. The summed E-state index contributed by atoms with van der Waals surface area (Å²) in [5.74, 6) is 0.151. The number of aromatic nitrogens is 3. The number of carbonyl (C=O) groups excluding carboxylic acids is 1. The van der Waals surface area contributed by atoms with Crippen molar-refractivity contribution in [1.29, 1.82) is 0 Å². The van der Waals surface area contributed by atoms with Crippen LogP contribution in [0.3, 0.4) is 0 Å². The number of amides is 1. The Labute approximate surface area is 204 Å². The molecule has 2 aliphatic rings. The van der Waals surface area contributed by atoms with Crippen LogP contribution in [0.15, 0.2) is 42.9 Å². The molecule has 0 atom stereocenters. The second-order valence-electron chi connectivity index (χ2n) is 8.39. The third-order valence-corrected chi connectivity index (χ3v) is 6.02. The summed E-state index contributed by atoms with van der Waals surface area (Å²) in [5, 5.41) is 3.17. The molecule has 1 N–H and O–H groups in total. The number of carbonyl (C=O) groups is 1. The van der Waals surface area contributed by atoms with Crippen LogP contribution in [-0.4, -0.2) is 95.2 Å². The van der Waals surface area contributed by atoms with Gasteiger partial charge in [0.15, 0.2) is 11.9 Å². The molecule has 36 heavy (non-hydrogen) atoms. The minimum absolute atomic E-state index is 0.0350. The van der Waals surface area contributed by atoms with Crippen molar-refractivity contribution >= 4 is 17.4 Å². The lowest BCUT2D eigenvalue weighted by molar-refractivity contribution is -0.274. The fourth-order valence-electron chi connectivity index (χ4n) is 4.27.